The molecule has 2 aromatic heterocycles. The van der Waals surface area contributed by atoms with Crippen molar-refractivity contribution in [1.29, 1.82) is 0 Å². The van der Waals surface area contributed by atoms with Crippen molar-refractivity contribution in [3.63, 3.8) is 0 Å². The number of benzene rings is 3. The Morgan fingerprint density at radius 2 is 1.62 bits per heavy atom. The Hall–Kier alpha value is -4.58. The van der Waals surface area contributed by atoms with Crippen LogP contribution < -0.4 is 5.43 Å². The molecule has 5 aromatic rings. The van der Waals surface area contributed by atoms with Gasteiger partial charge in [-0.3, -0.25) is 9.78 Å². The van der Waals surface area contributed by atoms with Crippen molar-refractivity contribution in [3.8, 4) is 16.9 Å². The molecule has 0 aliphatic rings. The average molecular weight is 417 g/mol. The smallest absolute Gasteiger partial charge is 0.267 e. The summed E-state index contributed by atoms with van der Waals surface area (Å²) in [6, 6.07) is 27.6. The lowest BCUT2D eigenvalue weighted by Gasteiger charge is -2.03. The Kier molecular flexibility index (Phi) is 5.24. The second kappa shape index (κ2) is 8.65. The highest BCUT2D eigenvalue weighted by Gasteiger charge is 2.12. The van der Waals surface area contributed by atoms with Crippen LogP contribution in [0.4, 0.5) is 0 Å². The molecule has 32 heavy (non-hydrogen) atoms. The number of hydrazone groups is 1. The van der Waals surface area contributed by atoms with E-state index in [0.29, 0.717) is 5.56 Å². The number of carbonyl (C=O) groups is 1. The van der Waals surface area contributed by atoms with Gasteiger partial charge >= 0.3 is 0 Å². The van der Waals surface area contributed by atoms with E-state index >= 15 is 0 Å². The molecule has 0 radical (unpaired) electrons. The molecular weight excluding hydrogens is 398 g/mol. The monoisotopic (exact) mass is 417 g/mol. The van der Waals surface area contributed by atoms with Crippen molar-refractivity contribution in [2.75, 3.05) is 0 Å². The first kappa shape index (κ1) is 19.4. The lowest BCUT2D eigenvalue weighted by atomic mass is 10.0. The van der Waals surface area contributed by atoms with E-state index in [1.807, 2.05) is 59.4 Å². The molecule has 6 nitrogen and oxygen atoms in total. The van der Waals surface area contributed by atoms with Crippen LogP contribution in [0.5, 0.6) is 0 Å². The van der Waals surface area contributed by atoms with Gasteiger partial charge in [0.25, 0.3) is 5.91 Å². The number of hydrogen-bond acceptors (Lipinski definition) is 4. The highest BCUT2D eigenvalue weighted by molar-refractivity contribution is 5.96. The van der Waals surface area contributed by atoms with E-state index in [1.165, 1.54) is 5.39 Å². The maximum Gasteiger partial charge on any atom is 0.271 e. The van der Waals surface area contributed by atoms with Crippen molar-refractivity contribution < 1.29 is 4.79 Å². The molecule has 2 heterocycles. The number of carbonyl (C=O) groups excluding carboxylic acids is 1. The first-order chi connectivity index (χ1) is 15.8. The van der Waals surface area contributed by atoms with Crippen LogP contribution in [-0.2, 0) is 0 Å². The summed E-state index contributed by atoms with van der Waals surface area (Å²) in [5.74, 6) is -0.300. The Balaban J connectivity index is 1.51. The number of hydrogen-bond donors (Lipinski definition) is 1. The molecule has 0 aliphatic heterocycles. The molecule has 0 bridgehead atoms. The molecule has 0 saturated carbocycles. The van der Waals surface area contributed by atoms with Crippen molar-refractivity contribution >= 4 is 22.9 Å². The molecular formula is C26H19N5O. The number of rotatable bonds is 5. The maximum atomic E-state index is 12.3. The maximum absolute atomic E-state index is 12.3. The predicted molar refractivity (Wildman–Crippen MR) is 126 cm³/mol. The second-order valence-corrected chi connectivity index (χ2v) is 7.21. The van der Waals surface area contributed by atoms with Crippen LogP contribution in [-0.4, -0.2) is 26.9 Å². The number of nitrogens with one attached hydrogen (secondary N) is 1. The molecule has 0 atom stereocenters. The minimum absolute atomic E-state index is 0.300. The number of fused-ring (bicyclic) bond motifs is 1. The molecule has 0 unspecified atom stereocenters. The third-order valence-electron chi connectivity index (χ3n) is 5.10. The molecule has 0 saturated heterocycles. The minimum Gasteiger partial charge on any atom is -0.267 e. The lowest BCUT2D eigenvalue weighted by molar-refractivity contribution is 0.0955. The highest BCUT2D eigenvalue weighted by Crippen LogP contribution is 2.26. The predicted octanol–water partition coefficient (Wildman–Crippen LogP) is 4.85. The standard InChI is InChI=1S/C26H19N5O/c32-26(20-12-14-27-15-13-20)29-28-17-23-18-31(24-8-2-1-3-9-24)30-25(23)22-11-10-19-6-4-5-7-21(19)16-22/h1-18H,(H,29,32)/b28-17-. The van der Waals surface area contributed by atoms with Crippen LogP contribution in [0.3, 0.4) is 0 Å². The molecule has 5 rings (SSSR count). The number of para-hydroxylation sites is 1. The van der Waals surface area contributed by atoms with E-state index in [-0.39, 0.29) is 5.91 Å². The van der Waals surface area contributed by atoms with Crippen molar-refractivity contribution in [2.24, 2.45) is 5.10 Å². The zero-order valence-corrected chi connectivity index (χ0v) is 17.1. The topological polar surface area (TPSA) is 72.2 Å². The van der Waals surface area contributed by atoms with Crippen molar-refractivity contribution in [3.05, 3.63) is 115 Å². The lowest BCUT2D eigenvalue weighted by Crippen LogP contribution is -2.17. The molecule has 3 aromatic carbocycles. The first-order valence-corrected chi connectivity index (χ1v) is 10.2. The van der Waals surface area contributed by atoms with E-state index in [2.05, 4.69) is 39.8 Å². The Morgan fingerprint density at radius 3 is 2.44 bits per heavy atom. The van der Waals surface area contributed by atoms with Crippen LogP contribution in [0.2, 0.25) is 0 Å². The summed E-state index contributed by atoms with van der Waals surface area (Å²) in [7, 11) is 0. The molecule has 0 fully saturated rings. The quantitative estimate of drug-likeness (QED) is 0.328. The van der Waals surface area contributed by atoms with E-state index in [1.54, 1.807) is 30.7 Å². The summed E-state index contributed by atoms with van der Waals surface area (Å²) in [6.07, 6.45) is 6.67. The van der Waals surface area contributed by atoms with Gasteiger partial charge < -0.3 is 0 Å². The fourth-order valence-electron chi connectivity index (χ4n) is 3.48. The zero-order chi connectivity index (χ0) is 21.8. The van der Waals surface area contributed by atoms with Gasteiger partial charge in [0.15, 0.2) is 0 Å². The molecule has 1 N–H and O–H groups in total. The van der Waals surface area contributed by atoms with Gasteiger partial charge in [-0.15, -0.1) is 0 Å². The largest absolute Gasteiger partial charge is 0.271 e. The average Bonchev–Trinajstić information content (AvgIpc) is 3.29. The number of amides is 1. The van der Waals surface area contributed by atoms with E-state index in [0.717, 1.165) is 27.9 Å². The van der Waals surface area contributed by atoms with Crippen molar-refractivity contribution in [1.82, 2.24) is 20.2 Å². The van der Waals surface area contributed by atoms with Crippen LogP contribution in [0.25, 0.3) is 27.7 Å². The molecule has 6 heteroatoms. The van der Waals surface area contributed by atoms with E-state index in [9.17, 15) is 4.79 Å². The Labute approximate surface area is 184 Å². The summed E-state index contributed by atoms with van der Waals surface area (Å²) in [6.45, 7) is 0. The van der Waals surface area contributed by atoms with Gasteiger partial charge in [-0.25, -0.2) is 10.1 Å². The SMILES string of the molecule is O=C(N/N=C\c1cn(-c2ccccc2)nc1-c1ccc2ccccc2c1)c1ccncc1. The van der Waals surface area contributed by atoms with Gasteiger partial charge in [-0.05, 0) is 41.1 Å². The van der Waals surface area contributed by atoms with Crippen LogP contribution in [0, 0.1) is 0 Å². The molecule has 154 valence electrons. The van der Waals surface area contributed by atoms with Gasteiger partial charge in [-0.1, -0.05) is 54.6 Å². The van der Waals surface area contributed by atoms with E-state index < -0.39 is 0 Å². The van der Waals surface area contributed by atoms with Gasteiger partial charge in [0, 0.05) is 35.3 Å². The molecule has 1 amide bonds. The summed E-state index contributed by atoms with van der Waals surface area (Å²) in [5.41, 5.74) is 6.55. The molecule has 0 aliphatic carbocycles. The number of nitrogens with zero attached hydrogens (tertiary/aromatic N) is 4. The number of pyridine rings is 1. The van der Waals surface area contributed by atoms with Crippen LogP contribution in [0.15, 0.2) is 109 Å². The highest BCUT2D eigenvalue weighted by atomic mass is 16.2. The minimum atomic E-state index is -0.300. The fourth-order valence-corrected chi connectivity index (χ4v) is 3.48. The Morgan fingerprint density at radius 1 is 0.875 bits per heavy atom. The third-order valence-corrected chi connectivity index (χ3v) is 5.10. The summed E-state index contributed by atoms with van der Waals surface area (Å²) in [4.78, 5) is 16.2. The Bertz CT molecular complexity index is 1410. The first-order valence-electron chi connectivity index (χ1n) is 10.2. The van der Waals surface area contributed by atoms with Crippen molar-refractivity contribution in [2.45, 2.75) is 0 Å². The molecule has 0 spiro atoms. The van der Waals surface area contributed by atoms with Gasteiger partial charge in [0.2, 0.25) is 0 Å². The zero-order valence-electron chi connectivity index (χ0n) is 17.1. The van der Waals surface area contributed by atoms with Crippen LogP contribution >= 0.6 is 0 Å². The summed E-state index contributed by atoms with van der Waals surface area (Å²) < 4.78 is 1.82. The normalized spacial score (nSPS) is 11.1. The third kappa shape index (κ3) is 4.02. The fraction of sp³-hybridized carbons (Fsp3) is 0. The van der Waals surface area contributed by atoms with E-state index in [4.69, 9.17) is 5.10 Å². The number of aromatic nitrogens is 3. The van der Waals surface area contributed by atoms with Gasteiger partial charge in [0.05, 0.1) is 11.9 Å². The second-order valence-electron chi connectivity index (χ2n) is 7.21. The summed E-state index contributed by atoms with van der Waals surface area (Å²) in [5, 5.41) is 11.3. The van der Waals surface area contributed by atoms with Gasteiger partial charge in [0.1, 0.15) is 5.69 Å². The summed E-state index contributed by atoms with van der Waals surface area (Å²) >= 11 is 0. The van der Waals surface area contributed by atoms with Crippen LogP contribution in [0.1, 0.15) is 15.9 Å². The van der Waals surface area contributed by atoms with Gasteiger partial charge in [-0.2, -0.15) is 10.2 Å².